The summed E-state index contributed by atoms with van der Waals surface area (Å²) in [5.74, 6) is 0. The lowest BCUT2D eigenvalue weighted by Gasteiger charge is -2.29. The topological polar surface area (TPSA) is 87.0 Å². The first-order chi connectivity index (χ1) is 15.0. The molecule has 0 radical (unpaired) electrons. The van der Waals surface area contributed by atoms with Gasteiger partial charge in [-0.1, -0.05) is 61.5 Å². The van der Waals surface area contributed by atoms with Gasteiger partial charge < -0.3 is 19.9 Å². The number of carbonyl (C=O) groups is 1. The molecule has 2 aromatic carbocycles. The zero-order valence-corrected chi connectivity index (χ0v) is 18.2. The number of nitrogens with one attached hydrogen (secondary N) is 3. The van der Waals surface area contributed by atoms with Gasteiger partial charge in [-0.05, 0) is 36.5 Å². The maximum atomic E-state index is 11.8. The van der Waals surface area contributed by atoms with E-state index in [0.717, 1.165) is 18.4 Å². The normalized spacial score (nSPS) is 14.1. The molecular weight excluding hydrogens is 390 g/mol. The van der Waals surface area contributed by atoms with Crippen LogP contribution in [-0.2, 0) is 22.5 Å². The van der Waals surface area contributed by atoms with Gasteiger partial charge in [-0.15, -0.1) is 0 Å². The molecule has 3 N–H and O–H groups in total. The summed E-state index contributed by atoms with van der Waals surface area (Å²) in [5, 5.41) is 8.93. The fraction of sp³-hybridized carbons (Fsp3) is 0.360. The Morgan fingerprint density at radius 2 is 1.77 bits per heavy atom. The predicted octanol–water partition coefficient (Wildman–Crippen LogP) is 3.70. The summed E-state index contributed by atoms with van der Waals surface area (Å²) in [5.41, 5.74) is 3.59. The average molecular weight is 422 g/mol. The number of H-pyrrole nitrogens is 2. The molecular formula is C25H31N3O3. The molecule has 0 aliphatic heterocycles. The van der Waals surface area contributed by atoms with Crippen molar-refractivity contribution in [3.05, 3.63) is 82.3 Å². The standard InChI is InChI=1S/C25H31N3O3/c1-3-31-18-25(2,17-29)15-22(26-16-23-14-24(30)28-27-23)13-19-9-11-21(12-10-19)20-7-5-4-6-8-20/h4-12,14,17,22,26H,3,13,15-16,18H2,1-2H3,(H2,27,28,30). The molecule has 0 saturated heterocycles. The lowest BCUT2D eigenvalue weighted by Crippen LogP contribution is -2.39. The summed E-state index contributed by atoms with van der Waals surface area (Å²) in [6, 6.07) is 20.4. The number of benzene rings is 2. The van der Waals surface area contributed by atoms with Crippen LogP contribution in [0.25, 0.3) is 11.1 Å². The van der Waals surface area contributed by atoms with E-state index in [1.165, 1.54) is 22.8 Å². The van der Waals surface area contributed by atoms with E-state index < -0.39 is 5.41 Å². The van der Waals surface area contributed by atoms with Crippen molar-refractivity contribution in [1.82, 2.24) is 15.5 Å². The van der Waals surface area contributed by atoms with Gasteiger partial charge in [-0.25, -0.2) is 0 Å². The van der Waals surface area contributed by atoms with Crippen molar-refractivity contribution in [1.29, 1.82) is 0 Å². The summed E-state index contributed by atoms with van der Waals surface area (Å²) in [6.45, 7) is 5.33. The smallest absolute Gasteiger partial charge is 0.264 e. The van der Waals surface area contributed by atoms with E-state index in [1.807, 2.05) is 32.0 Å². The number of carbonyl (C=O) groups excluding carboxylic acids is 1. The number of aromatic nitrogens is 2. The van der Waals surface area contributed by atoms with E-state index >= 15 is 0 Å². The van der Waals surface area contributed by atoms with Gasteiger partial charge in [-0.2, -0.15) is 0 Å². The van der Waals surface area contributed by atoms with Gasteiger partial charge in [0.1, 0.15) is 6.29 Å². The lowest BCUT2D eigenvalue weighted by molar-refractivity contribution is -0.119. The molecule has 0 aliphatic rings. The molecule has 3 aromatic rings. The van der Waals surface area contributed by atoms with Crippen LogP contribution in [0.3, 0.4) is 0 Å². The Morgan fingerprint density at radius 3 is 2.39 bits per heavy atom. The van der Waals surface area contributed by atoms with Crippen LogP contribution in [0.1, 0.15) is 31.5 Å². The van der Waals surface area contributed by atoms with Crippen LogP contribution >= 0.6 is 0 Å². The highest BCUT2D eigenvalue weighted by Crippen LogP contribution is 2.25. The van der Waals surface area contributed by atoms with Crippen molar-refractivity contribution in [2.45, 2.75) is 39.3 Å². The van der Waals surface area contributed by atoms with Crippen LogP contribution in [-0.4, -0.2) is 35.7 Å². The molecule has 6 nitrogen and oxygen atoms in total. The zero-order chi connectivity index (χ0) is 22.1. The molecule has 0 fully saturated rings. The fourth-order valence-corrected chi connectivity index (χ4v) is 3.73. The molecule has 2 atom stereocenters. The van der Waals surface area contributed by atoms with E-state index in [9.17, 15) is 9.59 Å². The van der Waals surface area contributed by atoms with E-state index in [0.29, 0.717) is 26.2 Å². The van der Waals surface area contributed by atoms with Crippen molar-refractivity contribution in [2.75, 3.05) is 13.2 Å². The first kappa shape index (κ1) is 22.7. The van der Waals surface area contributed by atoms with E-state index in [1.54, 1.807) is 0 Å². The molecule has 0 saturated carbocycles. The number of aromatic amines is 2. The minimum absolute atomic E-state index is 0.0385. The fourth-order valence-electron chi connectivity index (χ4n) is 3.73. The monoisotopic (exact) mass is 421 g/mol. The van der Waals surface area contributed by atoms with Crippen LogP contribution in [0.2, 0.25) is 0 Å². The summed E-state index contributed by atoms with van der Waals surface area (Å²) in [7, 11) is 0. The van der Waals surface area contributed by atoms with Crippen LogP contribution in [0.5, 0.6) is 0 Å². The van der Waals surface area contributed by atoms with Gasteiger partial charge >= 0.3 is 0 Å². The van der Waals surface area contributed by atoms with Crippen LogP contribution in [0, 0.1) is 5.41 Å². The Bertz CT molecular complexity index is 995. The van der Waals surface area contributed by atoms with Gasteiger partial charge in [0.25, 0.3) is 5.56 Å². The second kappa shape index (κ2) is 10.9. The SMILES string of the molecule is CCOCC(C)(C=O)CC(Cc1ccc(-c2ccccc2)cc1)NCc1cc(=O)[nH][nH]1. The number of hydrogen-bond donors (Lipinski definition) is 3. The van der Waals surface area contributed by atoms with Crippen molar-refractivity contribution >= 4 is 6.29 Å². The third-order valence-electron chi connectivity index (χ3n) is 5.41. The highest BCUT2D eigenvalue weighted by molar-refractivity contribution is 5.63. The van der Waals surface area contributed by atoms with E-state index in [2.05, 4.69) is 51.9 Å². The third kappa shape index (κ3) is 6.77. The van der Waals surface area contributed by atoms with Crippen molar-refractivity contribution in [2.24, 2.45) is 5.41 Å². The lowest BCUT2D eigenvalue weighted by atomic mass is 9.83. The molecule has 164 valence electrons. The summed E-state index contributed by atoms with van der Waals surface area (Å²) in [4.78, 5) is 23.2. The van der Waals surface area contributed by atoms with Gasteiger partial charge in [0.15, 0.2) is 0 Å². The van der Waals surface area contributed by atoms with Crippen molar-refractivity contribution in [3.63, 3.8) is 0 Å². The molecule has 3 rings (SSSR count). The molecule has 0 aliphatic carbocycles. The van der Waals surface area contributed by atoms with Crippen molar-refractivity contribution < 1.29 is 9.53 Å². The predicted molar refractivity (Wildman–Crippen MR) is 123 cm³/mol. The highest BCUT2D eigenvalue weighted by atomic mass is 16.5. The summed E-state index contributed by atoms with van der Waals surface area (Å²) < 4.78 is 5.56. The first-order valence-corrected chi connectivity index (χ1v) is 10.7. The van der Waals surface area contributed by atoms with Crippen LogP contribution < -0.4 is 10.9 Å². The zero-order valence-electron chi connectivity index (χ0n) is 18.2. The van der Waals surface area contributed by atoms with Gasteiger partial charge in [0.2, 0.25) is 0 Å². The third-order valence-corrected chi connectivity index (χ3v) is 5.41. The number of hydrogen-bond acceptors (Lipinski definition) is 4. The number of aldehydes is 1. The first-order valence-electron chi connectivity index (χ1n) is 10.7. The van der Waals surface area contributed by atoms with Gasteiger partial charge in [-0.3, -0.25) is 9.89 Å². The Labute approximate surface area is 183 Å². The molecule has 2 unspecified atom stereocenters. The molecule has 1 heterocycles. The summed E-state index contributed by atoms with van der Waals surface area (Å²) in [6.07, 6.45) is 2.39. The van der Waals surface area contributed by atoms with E-state index in [-0.39, 0.29) is 11.6 Å². The van der Waals surface area contributed by atoms with Gasteiger partial charge in [0, 0.05) is 30.7 Å². The average Bonchev–Trinajstić information content (AvgIpc) is 3.22. The summed E-state index contributed by atoms with van der Waals surface area (Å²) >= 11 is 0. The molecule has 0 spiro atoms. The maximum absolute atomic E-state index is 11.8. The minimum atomic E-state index is -0.580. The van der Waals surface area contributed by atoms with E-state index in [4.69, 9.17) is 4.74 Å². The molecule has 6 heteroatoms. The Balaban J connectivity index is 1.73. The Kier molecular flexibility index (Phi) is 7.98. The largest absolute Gasteiger partial charge is 0.381 e. The highest BCUT2D eigenvalue weighted by Gasteiger charge is 2.28. The Morgan fingerprint density at radius 1 is 1.06 bits per heavy atom. The molecule has 31 heavy (non-hydrogen) atoms. The van der Waals surface area contributed by atoms with Crippen LogP contribution in [0.4, 0.5) is 0 Å². The second-order valence-corrected chi connectivity index (χ2v) is 8.24. The maximum Gasteiger partial charge on any atom is 0.264 e. The van der Waals surface area contributed by atoms with Gasteiger partial charge in [0.05, 0.1) is 12.3 Å². The number of rotatable bonds is 12. The Hall–Kier alpha value is -2.96. The quantitative estimate of drug-likeness (QED) is 0.389. The second-order valence-electron chi connectivity index (χ2n) is 8.24. The van der Waals surface area contributed by atoms with Crippen LogP contribution in [0.15, 0.2) is 65.5 Å². The minimum Gasteiger partial charge on any atom is -0.381 e. The number of ether oxygens (including phenoxy) is 1. The molecule has 0 amide bonds. The van der Waals surface area contributed by atoms with Crippen molar-refractivity contribution in [3.8, 4) is 11.1 Å². The molecule has 0 bridgehead atoms. The molecule has 1 aromatic heterocycles.